The summed E-state index contributed by atoms with van der Waals surface area (Å²) in [7, 11) is 0. The second-order valence-electron chi connectivity index (χ2n) is 0.100. The fourth-order valence-corrected chi connectivity index (χ4v) is 0. The van der Waals surface area contributed by atoms with Crippen LogP contribution in [0.2, 0.25) is 0 Å². The molecule has 0 amide bonds. The third-order valence-corrected chi connectivity index (χ3v) is 0. The van der Waals surface area contributed by atoms with Gasteiger partial charge in [0.15, 0.2) is 0 Å². The molecular weight excluding hydrogens is 176 g/mol. The Balaban J connectivity index is -0.000000000952. The van der Waals surface area contributed by atoms with Gasteiger partial charge in [-0.15, -0.1) is 24.8 Å². The zero-order valence-corrected chi connectivity index (χ0v) is 8.65. The molecule has 6 heteroatoms. The van der Waals surface area contributed by atoms with E-state index in [2.05, 4.69) is 12.6 Å². The molecule has 0 rings (SSSR count). The molecule has 0 saturated carbocycles. The van der Waals surface area contributed by atoms with Crippen molar-refractivity contribution in [1.29, 1.82) is 5.26 Å². The molecule has 0 heterocycles. The molecule has 0 saturated heterocycles. The molecule has 0 aromatic carbocycles. The van der Waals surface area contributed by atoms with Crippen LogP contribution in [0.1, 0.15) is 4.28 Å². The van der Waals surface area contributed by atoms with Crippen molar-refractivity contribution in [1.82, 2.24) is 0 Å². The van der Waals surface area contributed by atoms with E-state index in [0.29, 0.717) is 0 Å². The van der Waals surface area contributed by atoms with Crippen molar-refractivity contribution < 1.29 is 23.1 Å². The average molecular weight is 182 g/mol. The minimum atomic E-state index is 0. The molecule has 0 aromatic heterocycles. The minimum Gasteiger partial charge on any atom is -1.00 e. The monoisotopic (exact) mass is 181 g/mol. The van der Waals surface area contributed by atoms with Gasteiger partial charge in [0.05, 0.1) is 0 Å². The van der Waals surface area contributed by atoms with Crippen molar-refractivity contribution in [2.24, 2.45) is 0 Å². The molecule has 0 radical (unpaired) electrons. The average Bonchev–Trinajstić information content (AvgIpc) is 0.918. The Labute approximate surface area is 107 Å². The summed E-state index contributed by atoms with van der Waals surface area (Å²) in [6, 6.07) is 0. The van der Waals surface area contributed by atoms with Crippen LogP contribution < -0.4 is 18.9 Å². The van der Waals surface area contributed by atoms with Gasteiger partial charge in [0.2, 0.25) is 0 Å². The Morgan fingerprint density at radius 2 is 1.43 bits per heavy atom. The maximum Gasteiger partial charge on any atom is 2.00 e. The second kappa shape index (κ2) is 40.8. The third-order valence-electron chi connectivity index (χ3n) is 0. The van der Waals surface area contributed by atoms with Crippen LogP contribution in [-0.2, 0) is 0 Å². The quantitative estimate of drug-likeness (QED) is 0.267. The van der Waals surface area contributed by atoms with Crippen molar-refractivity contribution in [3.05, 3.63) is 0 Å². The largest absolute Gasteiger partial charge is 2.00 e. The molecule has 0 aliphatic heterocycles. The SMILES string of the molecule is Cl.Cl.N#CS.[Ca+2].[H-].[H-].[H-].[Li+]. The summed E-state index contributed by atoms with van der Waals surface area (Å²) >= 11 is 3.09. The predicted octanol–water partition coefficient (Wildman–Crippen LogP) is -1.80. The van der Waals surface area contributed by atoms with Crippen molar-refractivity contribution in [3.63, 3.8) is 0 Å². The zero-order chi connectivity index (χ0) is 2.71. The van der Waals surface area contributed by atoms with E-state index in [4.69, 9.17) is 5.26 Å². The Bertz CT molecular complexity index is 48.0. The van der Waals surface area contributed by atoms with Crippen molar-refractivity contribution in [2.75, 3.05) is 0 Å². The molecule has 7 heavy (non-hydrogen) atoms. The van der Waals surface area contributed by atoms with Gasteiger partial charge >= 0.3 is 56.6 Å². The maximum absolute atomic E-state index is 7.18. The number of hydrogen-bond donors (Lipinski definition) is 1. The van der Waals surface area contributed by atoms with Gasteiger partial charge in [0.1, 0.15) is 5.40 Å². The van der Waals surface area contributed by atoms with Gasteiger partial charge in [0.25, 0.3) is 0 Å². The van der Waals surface area contributed by atoms with Crippen LogP contribution in [-0.4, -0.2) is 37.7 Å². The van der Waals surface area contributed by atoms with Crippen LogP contribution in [0, 0.1) is 10.7 Å². The third kappa shape index (κ3) is 62.9. The molecular formula is CH6CaCl2LiNS. The zero-order valence-electron chi connectivity index (χ0n) is 6.92. The number of thiol groups is 1. The van der Waals surface area contributed by atoms with Crippen molar-refractivity contribution >= 4 is 75.2 Å². The number of nitrogens with zero attached hydrogens (tertiary/aromatic N) is 1. The minimum absolute atomic E-state index is 0. The van der Waals surface area contributed by atoms with E-state index in [-0.39, 0.29) is 85.7 Å². The normalized spacial score (nSPS) is 1.14. The van der Waals surface area contributed by atoms with Gasteiger partial charge in [-0.1, -0.05) is 12.6 Å². The van der Waals surface area contributed by atoms with E-state index in [1.165, 1.54) is 5.40 Å². The van der Waals surface area contributed by atoms with Crippen LogP contribution in [0.15, 0.2) is 0 Å². The summed E-state index contributed by atoms with van der Waals surface area (Å²) < 4.78 is 0. The van der Waals surface area contributed by atoms with Crippen molar-refractivity contribution in [3.8, 4) is 5.40 Å². The number of hydrogen-bond acceptors (Lipinski definition) is 2. The first-order chi connectivity index (χ1) is 1.41. The van der Waals surface area contributed by atoms with E-state index in [1.807, 2.05) is 0 Å². The summed E-state index contributed by atoms with van der Waals surface area (Å²) in [6.07, 6.45) is 0. The van der Waals surface area contributed by atoms with Crippen molar-refractivity contribution in [2.45, 2.75) is 0 Å². The Kier molecular flexibility index (Phi) is 203. The van der Waals surface area contributed by atoms with E-state index in [0.717, 1.165) is 0 Å². The maximum atomic E-state index is 7.18. The fraction of sp³-hybridized carbons (Fsp3) is 0. The van der Waals surface area contributed by atoms with E-state index in [1.54, 1.807) is 0 Å². The molecule has 0 aliphatic carbocycles. The summed E-state index contributed by atoms with van der Waals surface area (Å²) in [4.78, 5) is 0. The van der Waals surface area contributed by atoms with Crippen LogP contribution in [0.3, 0.4) is 0 Å². The van der Waals surface area contributed by atoms with Crippen LogP contribution in [0.4, 0.5) is 0 Å². The molecule has 0 unspecified atom stereocenters. The summed E-state index contributed by atoms with van der Waals surface area (Å²) in [5, 5.41) is 8.63. The van der Waals surface area contributed by atoms with Gasteiger partial charge < -0.3 is 4.28 Å². The summed E-state index contributed by atoms with van der Waals surface area (Å²) in [5.74, 6) is 0. The Hall–Kier alpha value is 2.28. The number of thiocyanates is 1. The smallest absolute Gasteiger partial charge is 1.00 e. The molecule has 38 valence electrons. The Morgan fingerprint density at radius 3 is 1.43 bits per heavy atom. The standard InChI is InChI=1S/CHNS.Ca.2ClH.Li.3H/c2-1-3;;;;;;;/h3H;;2*1H;;;;/q;+2;;;+1;3*-1. The number of rotatable bonds is 0. The molecule has 0 spiro atoms. The molecule has 1 nitrogen and oxygen atoms in total. The molecule has 0 bridgehead atoms. The van der Waals surface area contributed by atoms with E-state index >= 15 is 0 Å². The first kappa shape index (κ1) is 34.7. The van der Waals surface area contributed by atoms with E-state index in [9.17, 15) is 0 Å². The van der Waals surface area contributed by atoms with Gasteiger partial charge in [-0.3, -0.25) is 0 Å². The van der Waals surface area contributed by atoms with Gasteiger partial charge in [-0.25, -0.2) is 0 Å². The molecule has 0 aromatic rings. The van der Waals surface area contributed by atoms with Crippen LogP contribution >= 0.6 is 37.4 Å². The first-order valence-corrected chi connectivity index (χ1v) is 0.894. The van der Waals surface area contributed by atoms with Gasteiger partial charge in [0, 0.05) is 0 Å². The predicted molar refractivity (Wildman–Crippen MR) is 38.2 cm³/mol. The number of halogens is 2. The molecule has 0 fully saturated rings. The van der Waals surface area contributed by atoms with Gasteiger partial charge in [-0.05, 0) is 0 Å². The molecule has 0 N–H and O–H groups in total. The summed E-state index contributed by atoms with van der Waals surface area (Å²) in [5.41, 5.74) is 0. The fourth-order valence-electron chi connectivity index (χ4n) is 0. The van der Waals surface area contributed by atoms with Crippen LogP contribution in [0.25, 0.3) is 0 Å². The second-order valence-corrected chi connectivity index (χ2v) is 0.300. The van der Waals surface area contributed by atoms with Gasteiger partial charge in [-0.2, -0.15) is 5.26 Å². The molecule has 0 atom stereocenters. The number of nitriles is 1. The Morgan fingerprint density at radius 1 is 1.43 bits per heavy atom. The first-order valence-electron chi connectivity index (χ1n) is 0.447. The summed E-state index contributed by atoms with van der Waals surface area (Å²) in [6.45, 7) is 0. The molecule has 0 aliphatic rings. The van der Waals surface area contributed by atoms with Crippen LogP contribution in [0.5, 0.6) is 0 Å². The topological polar surface area (TPSA) is 23.8 Å². The van der Waals surface area contributed by atoms with E-state index < -0.39 is 0 Å².